The molecular formula is C14H9Cl2FN2O4. The molecule has 0 aliphatic rings. The van der Waals surface area contributed by atoms with Gasteiger partial charge in [0.25, 0.3) is 11.6 Å². The Hall–Kier alpha value is -2.38. The predicted octanol–water partition coefficient (Wildman–Crippen LogP) is 4.06. The maximum absolute atomic E-state index is 13.0. The van der Waals surface area contributed by atoms with E-state index in [9.17, 15) is 19.3 Å². The van der Waals surface area contributed by atoms with Crippen molar-refractivity contribution >= 4 is 40.5 Å². The van der Waals surface area contributed by atoms with Crippen LogP contribution in [-0.4, -0.2) is 17.4 Å². The van der Waals surface area contributed by atoms with Crippen LogP contribution in [0.2, 0.25) is 10.0 Å². The van der Waals surface area contributed by atoms with Crippen molar-refractivity contribution in [3.63, 3.8) is 0 Å². The lowest BCUT2D eigenvalue weighted by atomic mass is 10.3. The van der Waals surface area contributed by atoms with Crippen molar-refractivity contribution in [1.82, 2.24) is 0 Å². The van der Waals surface area contributed by atoms with E-state index in [1.807, 2.05) is 0 Å². The maximum atomic E-state index is 13.0. The first-order valence-electron chi connectivity index (χ1n) is 6.18. The molecule has 1 amide bonds. The molecule has 0 saturated heterocycles. The summed E-state index contributed by atoms with van der Waals surface area (Å²) in [4.78, 5) is 21.8. The summed E-state index contributed by atoms with van der Waals surface area (Å²) in [5, 5.41) is 12.9. The zero-order valence-electron chi connectivity index (χ0n) is 11.4. The van der Waals surface area contributed by atoms with Gasteiger partial charge in [-0.25, -0.2) is 4.39 Å². The zero-order chi connectivity index (χ0) is 17.0. The average molecular weight is 359 g/mol. The van der Waals surface area contributed by atoms with E-state index in [1.165, 1.54) is 24.3 Å². The van der Waals surface area contributed by atoms with E-state index in [0.29, 0.717) is 0 Å². The van der Waals surface area contributed by atoms with E-state index in [2.05, 4.69) is 5.32 Å². The minimum atomic E-state index is -0.598. The van der Waals surface area contributed by atoms with Crippen LogP contribution in [0.15, 0.2) is 36.4 Å². The number of halogens is 3. The molecular weight excluding hydrogens is 350 g/mol. The highest BCUT2D eigenvalue weighted by atomic mass is 35.5. The van der Waals surface area contributed by atoms with Crippen LogP contribution in [-0.2, 0) is 4.79 Å². The largest absolute Gasteiger partial charge is 0.484 e. The smallest absolute Gasteiger partial charge is 0.271 e. The van der Waals surface area contributed by atoms with Crippen LogP contribution in [0.3, 0.4) is 0 Å². The molecule has 9 heteroatoms. The van der Waals surface area contributed by atoms with Crippen molar-refractivity contribution in [2.24, 2.45) is 0 Å². The average Bonchev–Trinajstić information content (AvgIpc) is 2.50. The molecule has 0 saturated carbocycles. The number of carbonyl (C=O) groups is 1. The molecule has 0 aliphatic heterocycles. The van der Waals surface area contributed by atoms with Gasteiger partial charge in [-0.2, -0.15) is 0 Å². The molecule has 1 N–H and O–H groups in total. The summed E-state index contributed by atoms with van der Waals surface area (Å²) in [6.07, 6.45) is 0. The molecule has 0 fully saturated rings. The van der Waals surface area contributed by atoms with E-state index in [0.717, 1.165) is 12.1 Å². The number of benzene rings is 2. The lowest BCUT2D eigenvalue weighted by Gasteiger charge is -2.09. The number of non-ortho nitro benzene ring substituents is 1. The Morgan fingerprint density at radius 1 is 1.22 bits per heavy atom. The fourth-order valence-electron chi connectivity index (χ4n) is 1.62. The normalized spacial score (nSPS) is 10.2. The molecule has 6 nitrogen and oxygen atoms in total. The van der Waals surface area contributed by atoms with E-state index >= 15 is 0 Å². The Balaban J connectivity index is 1.97. The second kappa shape index (κ2) is 7.26. The Morgan fingerprint density at radius 2 is 1.96 bits per heavy atom. The van der Waals surface area contributed by atoms with Crippen molar-refractivity contribution in [3.05, 3.63) is 62.4 Å². The number of hydrogen-bond acceptors (Lipinski definition) is 4. The van der Waals surface area contributed by atoms with Gasteiger partial charge >= 0.3 is 0 Å². The fourth-order valence-corrected chi connectivity index (χ4v) is 2.01. The second-order valence-corrected chi connectivity index (χ2v) is 5.15. The number of hydrogen-bond donors (Lipinski definition) is 1. The molecule has 2 aromatic carbocycles. The van der Waals surface area contributed by atoms with Gasteiger partial charge in [-0.3, -0.25) is 14.9 Å². The molecule has 23 heavy (non-hydrogen) atoms. The number of carbonyl (C=O) groups excluding carboxylic acids is 1. The maximum Gasteiger partial charge on any atom is 0.271 e. The van der Waals surface area contributed by atoms with Crippen molar-refractivity contribution < 1.29 is 18.8 Å². The number of nitro groups is 1. The molecule has 120 valence electrons. The first-order valence-corrected chi connectivity index (χ1v) is 6.94. The molecule has 0 aromatic heterocycles. The monoisotopic (exact) mass is 358 g/mol. The summed E-state index contributed by atoms with van der Waals surface area (Å²) in [5.74, 6) is -0.913. The van der Waals surface area contributed by atoms with E-state index < -0.39 is 16.6 Å². The van der Waals surface area contributed by atoms with Gasteiger partial charge in [0.1, 0.15) is 11.6 Å². The summed E-state index contributed by atoms with van der Waals surface area (Å²) >= 11 is 11.4. The summed E-state index contributed by atoms with van der Waals surface area (Å²) in [5.41, 5.74) is 0.0215. The number of ether oxygens (including phenoxy) is 1. The number of rotatable bonds is 5. The van der Waals surface area contributed by atoms with E-state index in [4.69, 9.17) is 27.9 Å². The Morgan fingerprint density at radius 3 is 2.57 bits per heavy atom. The number of nitrogens with one attached hydrogen (secondary N) is 1. The van der Waals surface area contributed by atoms with Crippen molar-refractivity contribution in [2.45, 2.75) is 0 Å². The van der Waals surface area contributed by atoms with Gasteiger partial charge in [0.2, 0.25) is 0 Å². The van der Waals surface area contributed by atoms with Crippen molar-refractivity contribution in [1.29, 1.82) is 0 Å². The van der Waals surface area contributed by atoms with Crippen LogP contribution >= 0.6 is 23.2 Å². The lowest BCUT2D eigenvalue weighted by molar-refractivity contribution is -0.384. The van der Waals surface area contributed by atoms with Gasteiger partial charge in [0, 0.05) is 18.2 Å². The van der Waals surface area contributed by atoms with Gasteiger partial charge in [-0.05, 0) is 18.2 Å². The van der Waals surface area contributed by atoms with Crippen LogP contribution in [0.25, 0.3) is 0 Å². The Bertz CT molecular complexity index is 770. The quantitative estimate of drug-likeness (QED) is 0.645. The van der Waals surface area contributed by atoms with E-state index in [-0.39, 0.29) is 33.8 Å². The van der Waals surface area contributed by atoms with Crippen LogP contribution in [0, 0.1) is 15.9 Å². The fraction of sp³-hybridized carbons (Fsp3) is 0.0714. The molecule has 0 heterocycles. The van der Waals surface area contributed by atoms with Crippen molar-refractivity contribution in [3.8, 4) is 5.75 Å². The SMILES string of the molecule is O=C(COc1ccc(F)c(Cl)c1)Nc1ccc([N+](=O)[O-])cc1Cl. The number of anilines is 1. The zero-order valence-corrected chi connectivity index (χ0v) is 12.9. The third kappa shape index (κ3) is 4.54. The van der Waals surface area contributed by atoms with Crippen LogP contribution in [0.1, 0.15) is 0 Å². The van der Waals surface area contributed by atoms with E-state index in [1.54, 1.807) is 0 Å². The lowest BCUT2D eigenvalue weighted by Crippen LogP contribution is -2.20. The molecule has 0 bridgehead atoms. The molecule has 0 atom stereocenters. The predicted molar refractivity (Wildman–Crippen MR) is 83.6 cm³/mol. The number of amides is 1. The van der Waals surface area contributed by atoms with Gasteiger partial charge in [-0.15, -0.1) is 0 Å². The van der Waals surface area contributed by atoms with Crippen LogP contribution in [0.5, 0.6) is 5.75 Å². The Labute approximate surface area is 139 Å². The highest BCUT2D eigenvalue weighted by Gasteiger charge is 2.12. The molecule has 0 aliphatic carbocycles. The standard InChI is InChI=1S/C14H9Cl2FN2O4/c15-10-6-9(2-3-12(10)17)23-7-14(20)18-13-4-1-8(19(21)22)5-11(13)16/h1-6H,7H2,(H,18,20). The first kappa shape index (κ1) is 17.0. The third-order valence-electron chi connectivity index (χ3n) is 2.70. The summed E-state index contributed by atoms with van der Waals surface area (Å²) in [7, 11) is 0. The molecule has 0 unspecified atom stereocenters. The molecule has 0 spiro atoms. The molecule has 2 aromatic rings. The van der Waals surface area contributed by atoms with Crippen LogP contribution in [0.4, 0.5) is 15.8 Å². The highest BCUT2D eigenvalue weighted by molar-refractivity contribution is 6.34. The van der Waals surface area contributed by atoms with Gasteiger partial charge in [0.05, 0.1) is 20.7 Å². The third-order valence-corrected chi connectivity index (χ3v) is 3.30. The summed E-state index contributed by atoms with van der Waals surface area (Å²) in [6.45, 7) is -0.366. The number of nitro benzene ring substituents is 1. The van der Waals surface area contributed by atoms with Crippen molar-refractivity contribution in [2.75, 3.05) is 11.9 Å². The highest BCUT2D eigenvalue weighted by Crippen LogP contribution is 2.26. The first-order chi connectivity index (χ1) is 10.9. The topological polar surface area (TPSA) is 81.5 Å². The summed E-state index contributed by atoms with van der Waals surface area (Å²) < 4.78 is 18.2. The van der Waals surface area contributed by atoms with Gasteiger partial charge in [0.15, 0.2) is 6.61 Å². The second-order valence-electron chi connectivity index (χ2n) is 4.33. The Kier molecular flexibility index (Phi) is 5.36. The number of nitrogens with zero attached hydrogens (tertiary/aromatic N) is 1. The minimum Gasteiger partial charge on any atom is -0.484 e. The van der Waals surface area contributed by atoms with Gasteiger partial charge < -0.3 is 10.1 Å². The molecule has 0 radical (unpaired) electrons. The minimum absolute atomic E-state index is 0.0253. The summed E-state index contributed by atoms with van der Waals surface area (Å²) in [6, 6.07) is 7.33. The van der Waals surface area contributed by atoms with Crippen LogP contribution < -0.4 is 10.1 Å². The van der Waals surface area contributed by atoms with Gasteiger partial charge in [-0.1, -0.05) is 23.2 Å². The molecule has 2 rings (SSSR count).